The van der Waals surface area contributed by atoms with Gasteiger partial charge in [-0.25, -0.2) is 33.5 Å². The minimum absolute atomic E-state index is 0. The SMILES string of the molecule is CCOC(=O)c1nc([C@@H]2CC[C@@H](C)N(C(=O)c3cscc3-n3nccn3)C2)cs1.CCOC(=O)c1nc([C@@H]2CC[C@@H](C)NC2)cs1.C[C@@H]1CC[C@@H](c2csc(C(C)(C)O)n2)CN1C(=O)c1cscc1-n1nccn1.O=C(Cl)c1cscc1-n1nccn1.O=C(O)c1cscc1-n1nccn1.O=S(Cl)Cl.[Br-].[CH3-].[Mg+2]. The van der Waals surface area contributed by atoms with Gasteiger partial charge in [-0.1, -0.05) is 0 Å². The summed E-state index contributed by atoms with van der Waals surface area (Å²) in [5.74, 6) is -0.979. The number of rotatable bonds is 16. The standard InChI is InChI=1S/C19H21N5O3S2.C19H23N5O2S2.C12H18N2O2S.C7H4ClN3OS.C7H5N3O2S.CH3.BrH.Cl2OS.Mg/c1-3-27-19(26)17-22-15(10-29-17)13-5-4-12(2)23(8-13)18(25)14-9-28-11-16(14)24-20-6-7-21-24;1-12-4-5-13(15-10-28-18(22-15)19(2,3)26)8-23(12)17(25)14-9-27-11-16(14)24-20-6-7-21-24;1-3-16-12(15)11-14-10(7-17-11)9-5-4-8(2)13-6-9;8-7(12)5-3-13-4-6(5)11-9-1-2-10-11;11-7(12)5-3-13-4-6(5)10-8-1-2-9-10;;;1-4(2)3;/h6-7,9-13H,3-5,8H2,1-2H3;6-7,9-13,26H,4-5,8H2,1-3H3;7-9,13H,3-6H2,1-2H3;1-4H;1-4H,(H,11,12);1H3;1H;;/q;;;;;-1;;;+2/p-1/t2*12-,13-;8-,9-;;;;;;/m111....../s1. The molecule has 29 nitrogen and oxygen atoms in total. The number of esters is 2. The van der Waals surface area contributed by atoms with Crippen LogP contribution in [-0.2, 0) is 24.3 Å². The van der Waals surface area contributed by atoms with Crippen molar-refractivity contribution in [2.75, 3.05) is 32.8 Å². The van der Waals surface area contributed by atoms with Crippen LogP contribution in [0.4, 0.5) is 0 Å². The van der Waals surface area contributed by atoms with Gasteiger partial charge < -0.3 is 59.2 Å². The van der Waals surface area contributed by atoms with Crippen LogP contribution in [0.15, 0.2) is 109 Å². The van der Waals surface area contributed by atoms with Crippen molar-refractivity contribution in [3.63, 3.8) is 0 Å². The fraction of sp³-hybridized carbons (Fsp3) is 0.385. The van der Waals surface area contributed by atoms with Crippen molar-refractivity contribution in [2.24, 2.45) is 0 Å². The van der Waals surface area contributed by atoms with E-state index in [1.54, 1.807) is 86.4 Å². The molecular weight excluding hydrogens is 1680 g/mol. The molecule has 0 bridgehead atoms. The number of hydrogen-bond donors (Lipinski definition) is 3. The molecule has 11 aromatic rings. The number of nitrogens with zero attached hydrogens (tertiary/aromatic N) is 17. The van der Waals surface area contributed by atoms with Crippen LogP contribution in [0.25, 0.3) is 22.7 Å². The quantitative estimate of drug-likeness (QED) is 0.0350. The largest absolute Gasteiger partial charge is 2.00 e. The topological polar surface area (TPSA) is 358 Å². The first-order chi connectivity index (χ1) is 49.9. The molecule has 0 spiro atoms. The number of likely N-dealkylation sites (tertiary alicyclic amines) is 2. The summed E-state index contributed by atoms with van der Waals surface area (Å²) in [5, 5.41) is 75.7. The number of amides is 2. The Labute approximate surface area is 687 Å². The number of aromatic nitrogens is 15. The van der Waals surface area contributed by atoms with Crippen LogP contribution >= 0.6 is 112 Å². The summed E-state index contributed by atoms with van der Waals surface area (Å²) in [6.07, 6.45) is 18.5. The number of thiazole rings is 3. The Balaban J connectivity index is 0.000000213. The van der Waals surface area contributed by atoms with Gasteiger partial charge in [-0.05, 0) is 98.6 Å². The van der Waals surface area contributed by atoms with Crippen LogP contribution in [0, 0.1) is 7.43 Å². The molecule has 3 saturated heterocycles. The van der Waals surface area contributed by atoms with Crippen LogP contribution in [0.2, 0.25) is 0 Å². The molecule has 0 aromatic carbocycles. The van der Waals surface area contributed by atoms with E-state index in [0.717, 1.165) is 62.2 Å². The maximum absolute atomic E-state index is 13.3. The maximum Gasteiger partial charge on any atom is 2.00 e. The van der Waals surface area contributed by atoms with E-state index in [2.05, 4.69) is 103 Å². The molecule has 11 aromatic heterocycles. The normalized spacial score (nSPS) is 17.3. The van der Waals surface area contributed by atoms with Gasteiger partial charge in [-0.15, -0.1) is 98.5 Å². The predicted molar refractivity (Wildman–Crippen MR) is 414 cm³/mol. The van der Waals surface area contributed by atoms with Crippen molar-refractivity contribution >= 4 is 180 Å². The molecule has 6 atom stereocenters. The molecule has 2 amide bonds. The second-order valence-electron chi connectivity index (χ2n) is 23.7. The van der Waals surface area contributed by atoms with Gasteiger partial charge >= 0.3 is 41.0 Å². The Morgan fingerprint density at radius 2 is 0.869 bits per heavy atom. The molecule has 568 valence electrons. The number of carbonyl (C=O) groups is 6. The summed E-state index contributed by atoms with van der Waals surface area (Å²) in [5.41, 5.74) is 6.31. The Kier molecular flexibility index (Phi) is 36.0. The van der Waals surface area contributed by atoms with Gasteiger partial charge in [0, 0.05) is 136 Å². The zero-order chi connectivity index (χ0) is 74.6. The van der Waals surface area contributed by atoms with Crippen molar-refractivity contribution < 1.29 is 69.6 Å². The molecule has 0 radical (unpaired) electrons. The van der Waals surface area contributed by atoms with Gasteiger partial charge in [0.25, 0.3) is 17.1 Å². The molecule has 14 heterocycles. The molecule has 14 rings (SSSR count). The number of nitrogens with one attached hydrogen (secondary N) is 1. The van der Waals surface area contributed by atoms with Gasteiger partial charge in [0.15, 0.2) is 0 Å². The van der Waals surface area contributed by atoms with Crippen LogP contribution in [0.3, 0.4) is 0 Å². The summed E-state index contributed by atoms with van der Waals surface area (Å²) in [7, 11) is 7.36. The number of aromatic carboxylic acids is 1. The number of aliphatic hydroxyl groups is 1. The molecule has 0 saturated carbocycles. The average molecular weight is 1750 g/mol. The molecule has 3 fully saturated rings. The van der Waals surface area contributed by atoms with E-state index in [4.69, 9.17) is 30.4 Å². The van der Waals surface area contributed by atoms with Crippen LogP contribution in [0.1, 0.15) is 188 Å². The van der Waals surface area contributed by atoms with Crippen molar-refractivity contribution in [3.8, 4) is 22.7 Å². The maximum atomic E-state index is 13.3. The molecule has 3 aliphatic rings. The Hall–Kier alpha value is -6.54. The monoisotopic (exact) mass is 1750 g/mol. The molecule has 0 aliphatic carbocycles. The summed E-state index contributed by atoms with van der Waals surface area (Å²) in [6, 6.07) is 0.879. The second-order valence-corrected chi connectivity index (χ2v) is 32.1. The fourth-order valence-electron chi connectivity index (χ4n) is 10.9. The molecule has 3 aliphatic heterocycles. The van der Waals surface area contributed by atoms with Gasteiger partial charge in [-0.3, -0.25) is 14.4 Å². The first kappa shape index (κ1) is 89.4. The molecular formula is C65H74BrCl3MgN18O11S8. The van der Waals surface area contributed by atoms with E-state index in [1.165, 1.54) is 111 Å². The minimum Gasteiger partial charge on any atom is -1.00 e. The zero-order valence-electron chi connectivity index (χ0n) is 58.9. The summed E-state index contributed by atoms with van der Waals surface area (Å²) < 4.78 is 19.1. The average Bonchev–Trinajstić information content (AvgIpc) is 1.58. The molecule has 107 heavy (non-hydrogen) atoms. The summed E-state index contributed by atoms with van der Waals surface area (Å²) in [6.45, 7) is 16.3. The minimum atomic E-state index is -1.67. The van der Waals surface area contributed by atoms with Crippen LogP contribution in [-0.4, -0.2) is 208 Å². The van der Waals surface area contributed by atoms with Gasteiger partial charge in [0.1, 0.15) is 33.4 Å². The Bertz CT molecular complexity index is 4490. The number of ether oxygens (including phenoxy) is 2. The number of carboxylic acid groups (broad SMARTS) is 1. The number of thiophene rings is 4. The van der Waals surface area contributed by atoms with Crippen molar-refractivity contribution in [2.45, 2.75) is 128 Å². The molecule has 42 heteroatoms. The van der Waals surface area contributed by atoms with Crippen molar-refractivity contribution in [1.29, 1.82) is 0 Å². The number of hydrogen-bond acceptors (Lipinski definition) is 29. The van der Waals surface area contributed by atoms with E-state index in [1.807, 2.05) is 47.5 Å². The third-order valence-corrected chi connectivity index (χ3v) is 22.2. The molecule has 3 N–H and O–H groups in total. The number of carbonyl (C=O) groups excluding carboxylic acids is 5. The zero-order valence-corrected chi connectivity index (χ0v) is 70.7. The third kappa shape index (κ3) is 24.5. The Morgan fingerprint density at radius 1 is 0.533 bits per heavy atom. The third-order valence-electron chi connectivity index (χ3n) is 16.2. The first-order valence-corrected chi connectivity index (χ1v) is 41.7. The van der Waals surface area contributed by atoms with Crippen LogP contribution < -0.4 is 22.3 Å². The van der Waals surface area contributed by atoms with Gasteiger partial charge in [-0.2, -0.15) is 40.8 Å². The molecule has 0 unspecified atom stereocenters. The van der Waals surface area contributed by atoms with Crippen molar-refractivity contribution in [3.05, 3.63) is 171 Å². The fourth-order valence-corrected chi connectivity index (χ4v) is 16.7. The first-order valence-electron chi connectivity index (χ1n) is 32.1. The second kappa shape index (κ2) is 43.2. The van der Waals surface area contributed by atoms with Crippen LogP contribution in [0.5, 0.6) is 0 Å². The van der Waals surface area contributed by atoms with E-state index >= 15 is 0 Å². The van der Waals surface area contributed by atoms with Crippen molar-refractivity contribution in [1.82, 2.24) is 90.0 Å². The van der Waals surface area contributed by atoms with E-state index in [9.17, 15) is 33.9 Å². The van der Waals surface area contributed by atoms with Gasteiger partial charge in [0.05, 0.1) is 102 Å². The summed E-state index contributed by atoms with van der Waals surface area (Å²) in [4.78, 5) is 94.7. The Morgan fingerprint density at radius 3 is 1.21 bits per heavy atom. The predicted octanol–water partition coefficient (Wildman–Crippen LogP) is 9.82. The number of carboxylic acids is 1. The number of halogens is 4. The smallest absolute Gasteiger partial charge is 1.00 e. The van der Waals surface area contributed by atoms with E-state index in [0.29, 0.717) is 92.7 Å². The summed E-state index contributed by atoms with van der Waals surface area (Å²) >= 11 is 15.1. The van der Waals surface area contributed by atoms with E-state index < -0.39 is 32.0 Å². The van der Waals surface area contributed by atoms with Gasteiger partial charge in [0.2, 0.25) is 19.2 Å². The number of piperidine rings is 3. The van der Waals surface area contributed by atoms with E-state index in [-0.39, 0.29) is 94.7 Å².